The molecule has 3 aliphatic rings. The fraction of sp³-hybridized carbons (Fsp3) is 0.593. The molecule has 1 saturated carbocycles. The third-order valence-corrected chi connectivity index (χ3v) is 8.16. The van der Waals surface area contributed by atoms with Gasteiger partial charge in [0.25, 0.3) is 0 Å². The van der Waals surface area contributed by atoms with Gasteiger partial charge in [0.05, 0.1) is 29.8 Å². The molecule has 2 saturated heterocycles. The lowest BCUT2D eigenvalue weighted by molar-refractivity contribution is 0.280. The van der Waals surface area contributed by atoms with Crippen molar-refractivity contribution in [1.82, 2.24) is 35.5 Å². The summed E-state index contributed by atoms with van der Waals surface area (Å²) in [6, 6.07) is 6.84. The summed E-state index contributed by atoms with van der Waals surface area (Å²) in [6.07, 6.45) is 14.9. The largest absolute Gasteiger partial charge is 0.370 e. The van der Waals surface area contributed by atoms with E-state index in [0.717, 1.165) is 60.6 Å². The van der Waals surface area contributed by atoms with E-state index in [0.29, 0.717) is 6.04 Å². The summed E-state index contributed by atoms with van der Waals surface area (Å²) in [5.74, 6) is 1.86. The molecule has 3 aromatic heterocycles. The number of aromatic nitrogens is 6. The van der Waals surface area contributed by atoms with Crippen LogP contribution in [0, 0.1) is 5.92 Å². The molecule has 0 spiro atoms. The van der Waals surface area contributed by atoms with Crippen molar-refractivity contribution < 1.29 is 0 Å². The van der Waals surface area contributed by atoms with E-state index < -0.39 is 0 Å². The van der Waals surface area contributed by atoms with Gasteiger partial charge >= 0.3 is 0 Å². The summed E-state index contributed by atoms with van der Waals surface area (Å²) < 4.78 is 1.86. The van der Waals surface area contributed by atoms with Gasteiger partial charge in [-0.05, 0) is 76.1 Å². The first-order valence-electron chi connectivity index (χ1n) is 13.7. The lowest BCUT2D eigenvalue weighted by Gasteiger charge is -2.35. The molecule has 0 radical (unpaired) electrons. The minimum Gasteiger partial charge on any atom is -0.370 e. The Balaban J connectivity index is 1.09. The molecule has 6 rings (SSSR count). The lowest BCUT2D eigenvalue weighted by atomic mass is 9.85. The minimum atomic E-state index is -0.0548. The highest BCUT2D eigenvalue weighted by Gasteiger charge is 2.24. The van der Waals surface area contributed by atoms with Gasteiger partial charge in [0, 0.05) is 44.0 Å². The molecule has 0 bridgehead atoms. The van der Waals surface area contributed by atoms with E-state index in [1.807, 2.05) is 23.3 Å². The fourth-order valence-electron chi connectivity index (χ4n) is 5.56. The SMILES string of the molecule is CC(c1ccc(N2CCC[C@@H](NCC3CCC3)C2)nn1)n1cc(-c2cncc(N3CCCC3)c2)nn1. The third-order valence-electron chi connectivity index (χ3n) is 8.16. The molecule has 1 unspecified atom stereocenters. The third kappa shape index (κ3) is 5.07. The Bertz CT molecular complexity index is 1130. The minimum absolute atomic E-state index is 0.0548. The smallest absolute Gasteiger partial charge is 0.151 e. The predicted octanol–water partition coefficient (Wildman–Crippen LogP) is 3.70. The van der Waals surface area contributed by atoms with Crippen LogP contribution in [0.3, 0.4) is 0 Å². The maximum atomic E-state index is 4.60. The van der Waals surface area contributed by atoms with E-state index >= 15 is 0 Å². The molecular weight excluding hydrogens is 450 g/mol. The molecule has 2 atom stereocenters. The van der Waals surface area contributed by atoms with Crippen molar-refractivity contribution in [1.29, 1.82) is 0 Å². The van der Waals surface area contributed by atoms with Gasteiger partial charge in [0.2, 0.25) is 0 Å². The van der Waals surface area contributed by atoms with Crippen LogP contribution in [0.2, 0.25) is 0 Å². The van der Waals surface area contributed by atoms with Crippen LogP contribution in [-0.4, -0.2) is 68.9 Å². The molecule has 1 aliphatic carbocycles. The average molecular weight is 488 g/mol. The van der Waals surface area contributed by atoms with Crippen molar-refractivity contribution in [3.63, 3.8) is 0 Å². The molecule has 9 heteroatoms. The number of rotatable bonds is 8. The van der Waals surface area contributed by atoms with Crippen LogP contribution >= 0.6 is 0 Å². The summed E-state index contributed by atoms with van der Waals surface area (Å²) >= 11 is 0. The van der Waals surface area contributed by atoms with Gasteiger partial charge in [0.15, 0.2) is 5.82 Å². The van der Waals surface area contributed by atoms with Crippen molar-refractivity contribution in [3.05, 3.63) is 42.5 Å². The normalized spacial score (nSPS) is 21.5. The molecule has 0 amide bonds. The number of piperidine rings is 1. The Morgan fingerprint density at radius 3 is 2.58 bits per heavy atom. The Labute approximate surface area is 213 Å². The second kappa shape index (κ2) is 10.5. The van der Waals surface area contributed by atoms with Crippen LogP contribution in [0.15, 0.2) is 36.8 Å². The van der Waals surface area contributed by atoms with Crippen molar-refractivity contribution in [3.8, 4) is 11.3 Å². The van der Waals surface area contributed by atoms with E-state index in [1.165, 1.54) is 51.5 Å². The zero-order chi connectivity index (χ0) is 24.3. The first-order valence-corrected chi connectivity index (χ1v) is 13.7. The first kappa shape index (κ1) is 23.3. The second-order valence-corrected chi connectivity index (χ2v) is 10.7. The Kier molecular flexibility index (Phi) is 6.81. The summed E-state index contributed by atoms with van der Waals surface area (Å²) in [5, 5.41) is 21.8. The van der Waals surface area contributed by atoms with Crippen molar-refractivity contribution in [2.24, 2.45) is 5.92 Å². The number of hydrogen-bond donors (Lipinski definition) is 1. The molecular formula is C27H37N9. The number of pyridine rings is 1. The quantitative estimate of drug-likeness (QED) is 0.515. The topological polar surface area (TPSA) is 87.9 Å². The molecule has 1 N–H and O–H groups in total. The monoisotopic (exact) mass is 487 g/mol. The number of nitrogens with zero attached hydrogens (tertiary/aromatic N) is 8. The van der Waals surface area contributed by atoms with E-state index in [4.69, 9.17) is 0 Å². The number of anilines is 2. The van der Waals surface area contributed by atoms with Gasteiger partial charge in [-0.1, -0.05) is 11.6 Å². The fourth-order valence-corrected chi connectivity index (χ4v) is 5.56. The Morgan fingerprint density at radius 2 is 1.81 bits per heavy atom. The summed E-state index contributed by atoms with van der Waals surface area (Å²) in [4.78, 5) is 9.21. The Hall–Kier alpha value is -3.07. The Morgan fingerprint density at radius 1 is 0.944 bits per heavy atom. The first-order chi connectivity index (χ1) is 17.7. The zero-order valence-electron chi connectivity index (χ0n) is 21.3. The van der Waals surface area contributed by atoms with Gasteiger partial charge < -0.3 is 15.1 Å². The molecule has 3 fully saturated rings. The molecule has 5 heterocycles. The van der Waals surface area contributed by atoms with Gasteiger partial charge in [-0.2, -0.15) is 5.10 Å². The second-order valence-electron chi connectivity index (χ2n) is 10.7. The predicted molar refractivity (Wildman–Crippen MR) is 141 cm³/mol. The summed E-state index contributed by atoms with van der Waals surface area (Å²) in [6.45, 7) is 7.49. The van der Waals surface area contributed by atoms with E-state index in [-0.39, 0.29) is 6.04 Å². The standard InChI is InChI=1S/C27H37N9/c1-20(36-19-26(31-33-36)22-14-24(17-28-16-22)34-11-2-3-12-34)25-9-10-27(32-30-25)35-13-5-8-23(18-35)29-15-21-6-4-7-21/h9-10,14,16-17,19-21,23,29H,2-8,11-13,15,18H2,1H3/t20?,23-/m1/s1. The highest BCUT2D eigenvalue weighted by atomic mass is 15.4. The maximum absolute atomic E-state index is 4.60. The molecule has 9 nitrogen and oxygen atoms in total. The summed E-state index contributed by atoms with van der Waals surface area (Å²) in [5.41, 5.74) is 3.86. The number of nitrogens with one attached hydrogen (secondary N) is 1. The van der Waals surface area contributed by atoms with Crippen molar-refractivity contribution in [2.75, 3.05) is 42.5 Å². The molecule has 2 aliphatic heterocycles. The summed E-state index contributed by atoms with van der Waals surface area (Å²) in [7, 11) is 0. The highest BCUT2D eigenvalue weighted by molar-refractivity contribution is 5.63. The van der Waals surface area contributed by atoms with Gasteiger partial charge in [-0.15, -0.1) is 10.2 Å². The zero-order valence-corrected chi connectivity index (χ0v) is 21.3. The van der Waals surface area contributed by atoms with Crippen LogP contribution in [0.5, 0.6) is 0 Å². The highest BCUT2D eigenvalue weighted by Crippen LogP contribution is 2.27. The van der Waals surface area contributed by atoms with Crippen molar-refractivity contribution >= 4 is 11.5 Å². The lowest BCUT2D eigenvalue weighted by Crippen LogP contribution is -2.47. The molecule has 3 aromatic rings. The van der Waals surface area contributed by atoms with Crippen LogP contribution in [-0.2, 0) is 0 Å². The van der Waals surface area contributed by atoms with Crippen LogP contribution in [0.1, 0.15) is 63.6 Å². The van der Waals surface area contributed by atoms with E-state index in [9.17, 15) is 0 Å². The van der Waals surface area contributed by atoms with Crippen LogP contribution in [0.4, 0.5) is 11.5 Å². The van der Waals surface area contributed by atoms with Crippen LogP contribution in [0.25, 0.3) is 11.3 Å². The van der Waals surface area contributed by atoms with E-state index in [1.54, 1.807) is 0 Å². The van der Waals surface area contributed by atoms with Crippen LogP contribution < -0.4 is 15.1 Å². The maximum Gasteiger partial charge on any atom is 0.151 e. The van der Waals surface area contributed by atoms with E-state index in [2.05, 4.69) is 65.7 Å². The van der Waals surface area contributed by atoms with Gasteiger partial charge in [-0.3, -0.25) is 4.98 Å². The molecule has 0 aromatic carbocycles. The molecule has 190 valence electrons. The van der Waals surface area contributed by atoms with Crippen molar-refractivity contribution in [2.45, 2.75) is 64.0 Å². The molecule has 36 heavy (non-hydrogen) atoms. The van der Waals surface area contributed by atoms with Gasteiger partial charge in [0.1, 0.15) is 5.69 Å². The number of hydrogen-bond acceptors (Lipinski definition) is 8. The van der Waals surface area contributed by atoms with Gasteiger partial charge in [-0.25, -0.2) is 4.68 Å². The average Bonchev–Trinajstić information content (AvgIpc) is 3.61.